The summed E-state index contributed by atoms with van der Waals surface area (Å²) in [5.41, 5.74) is 2.31. The van der Waals surface area contributed by atoms with E-state index in [9.17, 15) is 0 Å². The average molecular weight is 194 g/mol. The van der Waals surface area contributed by atoms with Crippen molar-refractivity contribution in [2.45, 2.75) is 32.4 Å². The first kappa shape index (κ1) is 9.68. The Hall–Kier alpha value is -0.870. The summed E-state index contributed by atoms with van der Waals surface area (Å²) >= 11 is 0. The van der Waals surface area contributed by atoms with Crippen LogP contribution < -0.4 is 10.6 Å². The number of aromatic nitrogens is 2. The van der Waals surface area contributed by atoms with Crippen LogP contribution in [0.5, 0.6) is 0 Å². The van der Waals surface area contributed by atoms with Crippen LogP contribution in [0.25, 0.3) is 0 Å². The molecule has 2 heterocycles. The Bertz CT molecular complexity index is 275. The fraction of sp³-hybridized carbons (Fsp3) is 0.700. The summed E-state index contributed by atoms with van der Waals surface area (Å²) in [4.78, 5) is 7.36. The first-order chi connectivity index (χ1) is 6.86. The van der Waals surface area contributed by atoms with Crippen molar-refractivity contribution < 1.29 is 0 Å². The van der Waals surface area contributed by atoms with Crippen molar-refractivity contribution in [1.29, 1.82) is 0 Å². The van der Waals surface area contributed by atoms with Crippen LogP contribution in [0.15, 0.2) is 6.33 Å². The maximum atomic E-state index is 4.27. The van der Waals surface area contributed by atoms with Crippen molar-refractivity contribution in [2.24, 2.45) is 0 Å². The molecule has 1 aromatic heterocycles. The first-order valence-electron chi connectivity index (χ1n) is 5.29. The molecule has 0 amide bonds. The summed E-state index contributed by atoms with van der Waals surface area (Å²) in [5, 5.41) is 6.90. The van der Waals surface area contributed by atoms with Gasteiger partial charge in [-0.05, 0) is 32.9 Å². The van der Waals surface area contributed by atoms with Gasteiger partial charge < -0.3 is 15.6 Å². The molecule has 0 aromatic carbocycles. The highest BCUT2D eigenvalue weighted by Crippen LogP contribution is 2.05. The summed E-state index contributed by atoms with van der Waals surface area (Å²) in [7, 11) is 0. The third kappa shape index (κ3) is 2.33. The van der Waals surface area contributed by atoms with E-state index in [1.165, 1.54) is 18.5 Å². The molecule has 4 heteroatoms. The predicted molar refractivity (Wildman–Crippen MR) is 56.1 cm³/mol. The van der Waals surface area contributed by atoms with E-state index >= 15 is 0 Å². The van der Waals surface area contributed by atoms with Crippen LogP contribution in [0.4, 0.5) is 0 Å². The van der Waals surface area contributed by atoms with Crippen LogP contribution in [0, 0.1) is 6.92 Å². The zero-order valence-electron chi connectivity index (χ0n) is 8.64. The number of aromatic amines is 1. The van der Waals surface area contributed by atoms with Crippen molar-refractivity contribution in [2.75, 3.05) is 13.1 Å². The standard InChI is InChI=1S/C10H18N4/c1-8-10(14-7-13-8)6-12-9-2-4-11-5-3-9/h7,9,11-12H,2-6H2,1H3,(H,13,14). The summed E-state index contributed by atoms with van der Waals surface area (Å²) < 4.78 is 0. The van der Waals surface area contributed by atoms with Gasteiger partial charge in [0, 0.05) is 18.3 Å². The Morgan fingerprint density at radius 1 is 1.50 bits per heavy atom. The van der Waals surface area contributed by atoms with Gasteiger partial charge in [0.2, 0.25) is 0 Å². The minimum atomic E-state index is 0.660. The zero-order valence-corrected chi connectivity index (χ0v) is 8.64. The minimum Gasteiger partial charge on any atom is -0.348 e. The molecular weight excluding hydrogens is 176 g/mol. The predicted octanol–water partition coefficient (Wildman–Crippen LogP) is 0.560. The Kier molecular flexibility index (Phi) is 3.16. The number of imidazole rings is 1. The Morgan fingerprint density at radius 2 is 2.29 bits per heavy atom. The minimum absolute atomic E-state index is 0.660. The third-order valence-electron chi connectivity index (χ3n) is 2.83. The highest BCUT2D eigenvalue weighted by molar-refractivity contribution is 5.08. The van der Waals surface area contributed by atoms with Gasteiger partial charge in [-0.25, -0.2) is 4.98 Å². The van der Waals surface area contributed by atoms with E-state index < -0.39 is 0 Å². The monoisotopic (exact) mass is 194 g/mol. The van der Waals surface area contributed by atoms with E-state index in [0.717, 1.165) is 25.3 Å². The molecule has 1 aliphatic heterocycles. The van der Waals surface area contributed by atoms with Crippen molar-refractivity contribution in [3.05, 3.63) is 17.7 Å². The number of aryl methyl sites for hydroxylation is 1. The summed E-state index contributed by atoms with van der Waals surface area (Å²) in [6.07, 6.45) is 4.21. The normalized spacial score (nSPS) is 18.6. The van der Waals surface area contributed by atoms with E-state index in [2.05, 4.69) is 27.5 Å². The van der Waals surface area contributed by atoms with Crippen molar-refractivity contribution in [3.63, 3.8) is 0 Å². The van der Waals surface area contributed by atoms with E-state index in [4.69, 9.17) is 0 Å². The summed E-state index contributed by atoms with van der Waals surface area (Å²) in [5.74, 6) is 0. The largest absolute Gasteiger partial charge is 0.348 e. The van der Waals surface area contributed by atoms with Gasteiger partial charge in [-0.1, -0.05) is 0 Å². The maximum Gasteiger partial charge on any atom is 0.0925 e. The molecule has 0 saturated carbocycles. The molecule has 0 bridgehead atoms. The SMILES string of the molecule is Cc1[nH]cnc1CNC1CCNCC1. The molecule has 0 radical (unpaired) electrons. The molecule has 0 atom stereocenters. The van der Waals surface area contributed by atoms with Gasteiger partial charge in [-0.2, -0.15) is 0 Å². The van der Waals surface area contributed by atoms with Gasteiger partial charge in [0.25, 0.3) is 0 Å². The molecule has 14 heavy (non-hydrogen) atoms. The topological polar surface area (TPSA) is 52.7 Å². The van der Waals surface area contributed by atoms with Crippen LogP contribution in [-0.2, 0) is 6.54 Å². The van der Waals surface area contributed by atoms with Gasteiger partial charge in [0.05, 0.1) is 12.0 Å². The highest BCUT2D eigenvalue weighted by Gasteiger charge is 2.12. The highest BCUT2D eigenvalue weighted by atomic mass is 15.0. The molecule has 0 spiro atoms. The van der Waals surface area contributed by atoms with Crippen LogP contribution in [0.1, 0.15) is 24.2 Å². The van der Waals surface area contributed by atoms with Crippen molar-refractivity contribution in [1.82, 2.24) is 20.6 Å². The summed E-state index contributed by atoms with van der Waals surface area (Å²) in [6, 6.07) is 0.660. The smallest absolute Gasteiger partial charge is 0.0925 e. The third-order valence-corrected chi connectivity index (χ3v) is 2.83. The van der Waals surface area contributed by atoms with Gasteiger partial charge in [0.1, 0.15) is 0 Å². The second-order valence-electron chi connectivity index (χ2n) is 3.88. The second-order valence-corrected chi connectivity index (χ2v) is 3.88. The van der Waals surface area contributed by atoms with Crippen LogP contribution in [0.2, 0.25) is 0 Å². The van der Waals surface area contributed by atoms with Gasteiger partial charge in [-0.15, -0.1) is 0 Å². The molecule has 1 saturated heterocycles. The Morgan fingerprint density at radius 3 is 2.93 bits per heavy atom. The molecule has 1 fully saturated rings. The number of hydrogen-bond donors (Lipinski definition) is 3. The molecular formula is C10H18N4. The number of H-pyrrole nitrogens is 1. The number of piperidine rings is 1. The van der Waals surface area contributed by atoms with E-state index in [0.29, 0.717) is 6.04 Å². The molecule has 3 N–H and O–H groups in total. The zero-order chi connectivity index (χ0) is 9.80. The molecule has 78 valence electrons. The average Bonchev–Trinajstić information content (AvgIpc) is 2.63. The molecule has 0 unspecified atom stereocenters. The van der Waals surface area contributed by atoms with Crippen LogP contribution in [0.3, 0.4) is 0 Å². The second kappa shape index (κ2) is 4.57. The molecule has 0 aliphatic carbocycles. The lowest BCUT2D eigenvalue weighted by Crippen LogP contribution is -2.39. The Balaban J connectivity index is 1.79. The first-order valence-corrected chi connectivity index (χ1v) is 5.29. The van der Waals surface area contributed by atoms with Crippen molar-refractivity contribution >= 4 is 0 Å². The van der Waals surface area contributed by atoms with Crippen molar-refractivity contribution in [3.8, 4) is 0 Å². The summed E-state index contributed by atoms with van der Waals surface area (Å²) in [6.45, 7) is 5.22. The molecule has 4 nitrogen and oxygen atoms in total. The van der Waals surface area contributed by atoms with Gasteiger partial charge in [-0.3, -0.25) is 0 Å². The van der Waals surface area contributed by atoms with Crippen LogP contribution in [-0.4, -0.2) is 29.1 Å². The lowest BCUT2D eigenvalue weighted by atomic mass is 10.1. The number of nitrogens with one attached hydrogen (secondary N) is 3. The molecule has 1 aliphatic rings. The van der Waals surface area contributed by atoms with Gasteiger partial charge >= 0.3 is 0 Å². The van der Waals surface area contributed by atoms with Crippen LogP contribution >= 0.6 is 0 Å². The fourth-order valence-electron chi connectivity index (χ4n) is 1.83. The molecule has 1 aromatic rings. The lowest BCUT2D eigenvalue weighted by molar-refractivity contribution is 0.385. The number of hydrogen-bond acceptors (Lipinski definition) is 3. The van der Waals surface area contributed by atoms with Gasteiger partial charge in [0.15, 0.2) is 0 Å². The van der Waals surface area contributed by atoms with E-state index in [1.807, 2.05) is 0 Å². The number of nitrogens with zero attached hydrogens (tertiary/aromatic N) is 1. The number of rotatable bonds is 3. The fourth-order valence-corrected chi connectivity index (χ4v) is 1.83. The van der Waals surface area contributed by atoms with E-state index in [-0.39, 0.29) is 0 Å². The molecule has 2 rings (SSSR count). The lowest BCUT2D eigenvalue weighted by Gasteiger charge is -2.23. The van der Waals surface area contributed by atoms with E-state index in [1.54, 1.807) is 6.33 Å². The Labute approximate surface area is 84.5 Å². The quantitative estimate of drug-likeness (QED) is 0.659. The maximum absolute atomic E-state index is 4.27.